The van der Waals surface area contributed by atoms with E-state index in [9.17, 15) is 23.9 Å². The lowest BCUT2D eigenvalue weighted by atomic mass is 9.91. The van der Waals surface area contributed by atoms with Gasteiger partial charge in [0.2, 0.25) is 0 Å². The molecule has 9 heteroatoms. The monoisotopic (exact) mass is 509 g/mol. The first-order valence-electron chi connectivity index (χ1n) is 12.4. The predicted octanol–water partition coefficient (Wildman–Crippen LogP) is 4.88. The summed E-state index contributed by atoms with van der Waals surface area (Å²) in [6.45, 7) is 9.05. The summed E-state index contributed by atoms with van der Waals surface area (Å²) in [5.41, 5.74) is -0.495. The van der Waals surface area contributed by atoms with Crippen LogP contribution in [0.2, 0.25) is 0 Å². The Morgan fingerprint density at radius 2 is 1.69 bits per heavy atom. The van der Waals surface area contributed by atoms with Gasteiger partial charge >= 0.3 is 18.0 Å². The molecule has 0 unspecified atom stereocenters. The number of halogens is 1. The van der Waals surface area contributed by atoms with Gasteiger partial charge in [0.1, 0.15) is 17.3 Å². The van der Waals surface area contributed by atoms with E-state index in [2.05, 4.69) is 0 Å². The fraction of sp³-hybridized carbons (Fsp3) is 0.667. The number of rotatable bonds is 10. The predicted molar refractivity (Wildman–Crippen MR) is 133 cm³/mol. The van der Waals surface area contributed by atoms with Crippen LogP contribution in [0, 0.1) is 0 Å². The number of benzene rings is 1. The number of ether oxygens (including phenoxy) is 3. The van der Waals surface area contributed by atoms with Gasteiger partial charge in [0.05, 0.1) is 0 Å². The van der Waals surface area contributed by atoms with E-state index in [4.69, 9.17) is 14.2 Å². The maximum atomic E-state index is 14.5. The molecule has 1 aromatic carbocycles. The Kier molecular flexibility index (Phi) is 10.3. The molecule has 0 spiro atoms. The number of carboxylic acid groups (broad SMARTS) is 1. The van der Waals surface area contributed by atoms with Crippen molar-refractivity contribution < 1.29 is 38.1 Å². The third kappa shape index (κ3) is 9.76. The van der Waals surface area contributed by atoms with Gasteiger partial charge in [0.25, 0.3) is 0 Å². The van der Waals surface area contributed by atoms with Crippen LogP contribution >= 0.6 is 0 Å². The highest BCUT2D eigenvalue weighted by Crippen LogP contribution is 2.27. The number of carbonyl (C=O) groups excluding carboxylic acids is 2. The number of carbonyl (C=O) groups is 3. The molecule has 1 aliphatic heterocycles. The van der Waals surface area contributed by atoms with Crippen molar-refractivity contribution in [2.45, 2.75) is 96.1 Å². The number of aryl methyl sites for hydroxylation is 1. The van der Waals surface area contributed by atoms with E-state index >= 15 is 0 Å². The number of nitrogens with zero attached hydrogens (tertiary/aromatic N) is 1. The second kappa shape index (κ2) is 12.5. The number of alkyl halides is 1. The lowest BCUT2D eigenvalue weighted by Gasteiger charge is -2.32. The smallest absolute Gasteiger partial charge is 0.410 e. The van der Waals surface area contributed by atoms with Gasteiger partial charge in [-0.25, -0.2) is 18.8 Å². The zero-order valence-electron chi connectivity index (χ0n) is 22.2. The van der Waals surface area contributed by atoms with Crippen LogP contribution in [0.1, 0.15) is 77.3 Å². The molecular weight excluding hydrogens is 469 g/mol. The van der Waals surface area contributed by atoms with Crippen LogP contribution in [0.25, 0.3) is 0 Å². The van der Waals surface area contributed by atoms with Crippen LogP contribution in [0.4, 0.5) is 9.18 Å². The summed E-state index contributed by atoms with van der Waals surface area (Å²) in [4.78, 5) is 38.3. The molecule has 1 saturated heterocycles. The molecule has 8 nitrogen and oxygen atoms in total. The van der Waals surface area contributed by atoms with Crippen LogP contribution in [-0.4, -0.2) is 71.7 Å². The fourth-order valence-corrected chi connectivity index (χ4v) is 4.04. The van der Waals surface area contributed by atoms with Crippen molar-refractivity contribution >= 4 is 18.0 Å². The molecule has 1 fully saturated rings. The molecule has 2 atom stereocenters. The molecule has 0 radical (unpaired) electrons. The highest BCUT2D eigenvalue weighted by molar-refractivity contribution is 5.84. The van der Waals surface area contributed by atoms with Crippen molar-refractivity contribution in [3.8, 4) is 0 Å². The number of hydrogen-bond donors (Lipinski definition) is 1. The van der Waals surface area contributed by atoms with Crippen molar-refractivity contribution in [1.82, 2.24) is 4.90 Å². The first-order chi connectivity index (χ1) is 16.7. The summed E-state index contributed by atoms with van der Waals surface area (Å²) < 4.78 is 30.5. The molecule has 1 N–H and O–H groups in total. The molecular formula is C27H40FNO7. The highest BCUT2D eigenvalue weighted by Gasteiger charge is 2.38. The Morgan fingerprint density at radius 3 is 2.19 bits per heavy atom. The maximum Gasteiger partial charge on any atom is 0.410 e. The third-order valence-corrected chi connectivity index (χ3v) is 6.00. The molecule has 1 amide bonds. The Bertz CT molecular complexity index is 883. The molecule has 0 saturated carbocycles. The lowest BCUT2D eigenvalue weighted by molar-refractivity contribution is -0.168. The topological polar surface area (TPSA) is 102 Å². The average molecular weight is 510 g/mol. The van der Waals surface area contributed by atoms with Crippen molar-refractivity contribution in [3.63, 3.8) is 0 Å². The molecule has 36 heavy (non-hydrogen) atoms. The van der Waals surface area contributed by atoms with E-state index in [1.165, 1.54) is 26.5 Å². The second-order valence-corrected chi connectivity index (χ2v) is 11.0. The summed E-state index contributed by atoms with van der Waals surface area (Å²) in [7, 11) is 1.31. The van der Waals surface area contributed by atoms with E-state index in [-0.39, 0.29) is 12.8 Å². The number of hydrogen-bond acceptors (Lipinski definition) is 6. The first-order valence-corrected chi connectivity index (χ1v) is 12.4. The van der Waals surface area contributed by atoms with E-state index < -0.39 is 41.4 Å². The van der Waals surface area contributed by atoms with Gasteiger partial charge in [-0.2, -0.15) is 0 Å². The van der Waals surface area contributed by atoms with E-state index in [1.807, 2.05) is 24.3 Å². The zero-order chi connectivity index (χ0) is 27.1. The minimum atomic E-state index is -1.81. The summed E-state index contributed by atoms with van der Waals surface area (Å²) in [5.74, 6) is -1.84. The van der Waals surface area contributed by atoms with Crippen molar-refractivity contribution in [1.29, 1.82) is 0 Å². The number of esters is 1. The number of likely N-dealkylation sites (N-methyl/N-ethyl adjacent to an activating group) is 1. The van der Waals surface area contributed by atoms with Gasteiger partial charge in [0, 0.05) is 26.7 Å². The first kappa shape index (κ1) is 29.5. The quantitative estimate of drug-likeness (QED) is 0.448. The molecule has 1 heterocycles. The van der Waals surface area contributed by atoms with Gasteiger partial charge in [-0.05, 0) is 77.3 Å². The SMILES string of the molecule is CN(C(=O)OC(C)(C)C)[C@@H](CC(C)(C)F)C(=O)O[C@H](CCc1ccc(C2CCOCC2)cc1)C(=O)O. The second-order valence-electron chi connectivity index (χ2n) is 11.0. The minimum absolute atomic E-state index is 0.0412. The molecule has 1 aromatic rings. The zero-order valence-corrected chi connectivity index (χ0v) is 22.2. The summed E-state index contributed by atoms with van der Waals surface area (Å²) >= 11 is 0. The van der Waals surface area contributed by atoms with E-state index in [1.54, 1.807) is 20.8 Å². The molecule has 0 bridgehead atoms. The normalized spacial score (nSPS) is 16.6. The summed E-state index contributed by atoms with van der Waals surface area (Å²) in [6, 6.07) is 6.65. The maximum absolute atomic E-state index is 14.5. The Morgan fingerprint density at radius 1 is 1.11 bits per heavy atom. The summed E-state index contributed by atoms with van der Waals surface area (Å²) in [6.07, 6.45) is -0.272. The number of carboxylic acids is 1. The largest absolute Gasteiger partial charge is 0.479 e. The summed E-state index contributed by atoms with van der Waals surface area (Å²) in [5, 5.41) is 9.66. The molecule has 0 aliphatic carbocycles. The Balaban J connectivity index is 2.06. The van der Waals surface area contributed by atoms with Crippen LogP contribution in [0.3, 0.4) is 0 Å². The van der Waals surface area contributed by atoms with Crippen molar-refractivity contribution in [2.75, 3.05) is 20.3 Å². The molecule has 2 rings (SSSR count). The third-order valence-electron chi connectivity index (χ3n) is 6.00. The standard InChI is InChI=1S/C27H40FNO7/c1-26(2,3)36-25(33)29(6)21(17-27(4,5)28)24(32)35-22(23(30)31)12-9-18-7-10-19(11-8-18)20-13-15-34-16-14-20/h7-8,10-11,20-22H,9,12-17H2,1-6H3,(H,30,31)/t21-,22+/m0/s1. The molecule has 1 aliphatic rings. The Labute approximate surface area is 213 Å². The molecule has 0 aromatic heterocycles. The van der Waals surface area contributed by atoms with Crippen molar-refractivity contribution in [3.05, 3.63) is 35.4 Å². The van der Waals surface area contributed by atoms with Crippen LogP contribution < -0.4 is 0 Å². The van der Waals surface area contributed by atoms with Crippen molar-refractivity contribution in [2.24, 2.45) is 0 Å². The van der Waals surface area contributed by atoms with Gasteiger partial charge in [-0.15, -0.1) is 0 Å². The Hall–Kier alpha value is -2.68. The number of amides is 1. The van der Waals surface area contributed by atoms with Gasteiger partial charge in [-0.1, -0.05) is 24.3 Å². The van der Waals surface area contributed by atoms with Gasteiger partial charge in [0.15, 0.2) is 6.10 Å². The van der Waals surface area contributed by atoms with Crippen LogP contribution in [-0.2, 0) is 30.2 Å². The molecule has 202 valence electrons. The van der Waals surface area contributed by atoms with E-state index in [0.29, 0.717) is 12.3 Å². The van der Waals surface area contributed by atoms with E-state index in [0.717, 1.165) is 36.5 Å². The number of aliphatic carboxylic acids is 1. The fourth-order valence-electron chi connectivity index (χ4n) is 4.04. The van der Waals surface area contributed by atoms with Crippen LogP contribution in [0.15, 0.2) is 24.3 Å². The average Bonchev–Trinajstić information content (AvgIpc) is 2.78. The van der Waals surface area contributed by atoms with Gasteiger partial charge < -0.3 is 19.3 Å². The minimum Gasteiger partial charge on any atom is -0.479 e. The highest BCUT2D eigenvalue weighted by atomic mass is 19.1. The van der Waals surface area contributed by atoms with Crippen LogP contribution in [0.5, 0.6) is 0 Å². The van der Waals surface area contributed by atoms with Gasteiger partial charge in [-0.3, -0.25) is 4.90 Å². The lowest BCUT2D eigenvalue weighted by Crippen LogP contribution is -2.49.